The Morgan fingerprint density at radius 1 is 1.12 bits per heavy atom. The van der Waals surface area contributed by atoms with Crippen LogP contribution in [0, 0.1) is 0 Å². The molecule has 1 aliphatic heterocycles. The molecule has 0 amide bonds. The molecule has 0 unspecified atom stereocenters. The fraction of sp³-hybridized carbons (Fsp3) is 0.500. The van der Waals surface area contributed by atoms with Crippen LogP contribution in [0.5, 0.6) is 0 Å². The second kappa shape index (κ2) is 6.04. The molecular weight excluding hydrogens is 412 g/mol. The smallest absolute Gasteiger partial charge is 0.0631 e. The van der Waals surface area contributed by atoms with E-state index >= 15 is 0 Å². The summed E-state index contributed by atoms with van der Waals surface area (Å²) in [7, 11) is 2.18. The van der Waals surface area contributed by atoms with E-state index in [1.807, 2.05) is 0 Å². The van der Waals surface area contributed by atoms with Crippen LogP contribution in [0.25, 0.3) is 0 Å². The Morgan fingerprint density at radius 3 is 2.18 bits per heavy atom. The van der Waals surface area contributed by atoms with Crippen molar-refractivity contribution in [2.45, 2.75) is 18.9 Å². The van der Waals surface area contributed by atoms with Gasteiger partial charge in [0, 0.05) is 19.5 Å². The van der Waals surface area contributed by atoms with Gasteiger partial charge in [0.15, 0.2) is 0 Å². The zero-order valence-electron chi connectivity index (χ0n) is 9.64. The number of nitrogens with one attached hydrogen (secondary N) is 1. The Kier molecular flexibility index (Phi) is 4.92. The molecule has 0 aliphatic carbocycles. The molecular formula is C12H15Br3N2. The van der Waals surface area contributed by atoms with Crippen LogP contribution in [0.1, 0.15) is 12.8 Å². The first kappa shape index (κ1) is 13.8. The van der Waals surface area contributed by atoms with E-state index in [1.54, 1.807) is 0 Å². The van der Waals surface area contributed by atoms with E-state index in [2.05, 4.69) is 77.2 Å². The molecule has 1 heterocycles. The molecule has 0 spiro atoms. The average molecular weight is 427 g/mol. The van der Waals surface area contributed by atoms with Crippen molar-refractivity contribution >= 4 is 53.5 Å². The molecule has 1 aliphatic rings. The third kappa shape index (κ3) is 3.69. The van der Waals surface area contributed by atoms with E-state index in [1.165, 1.54) is 25.9 Å². The van der Waals surface area contributed by atoms with Gasteiger partial charge < -0.3 is 10.2 Å². The number of halogens is 3. The van der Waals surface area contributed by atoms with Gasteiger partial charge in [-0.25, -0.2) is 0 Å². The fourth-order valence-electron chi connectivity index (χ4n) is 2.04. The largest absolute Gasteiger partial charge is 0.380 e. The SMILES string of the molecule is CN1CCC(Nc2c(Br)cc(Br)cc2Br)CC1. The third-order valence-electron chi connectivity index (χ3n) is 3.07. The lowest BCUT2D eigenvalue weighted by molar-refractivity contribution is 0.264. The minimum atomic E-state index is 0.569. The molecule has 0 bridgehead atoms. The lowest BCUT2D eigenvalue weighted by Gasteiger charge is -2.30. The molecule has 1 fully saturated rings. The van der Waals surface area contributed by atoms with E-state index in [0.29, 0.717) is 6.04 Å². The van der Waals surface area contributed by atoms with Crippen molar-refractivity contribution < 1.29 is 0 Å². The van der Waals surface area contributed by atoms with Crippen molar-refractivity contribution in [3.05, 3.63) is 25.6 Å². The van der Waals surface area contributed by atoms with Crippen molar-refractivity contribution in [1.29, 1.82) is 0 Å². The van der Waals surface area contributed by atoms with Gasteiger partial charge >= 0.3 is 0 Å². The molecule has 0 atom stereocenters. The molecule has 17 heavy (non-hydrogen) atoms. The van der Waals surface area contributed by atoms with Gasteiger partial charge in [-0.3, -0.25) is 0 Å². The molecule has 1 saturated heterocycles. The molecule has 1 N–H and O–H groups in total. The maximum atomic E-state index is 3.62. The van der Waals surface area contributed by atoms with E-state index in [-0.39, 0.29) is 0 Å². The van der Waals surface area contributed by atoms with Crippen molar-refractivity contribution in [2.24, 2.45) is 0 Å². The predicted octanol–water partition coefficient (Wildman–Crippen LogP) is 4.48. The average Bonchev–Trinajstić information content (AvgIpc) is 2.26. The highest BCUT2D eigenvalue weighted by molar-refractivity contribution is 9.11. The van der Waals surface area contributed by atoms with Crippen LogP contribution in [0.2, 0.25) is 0 Å². The van der Waals surface area contributed by atoms with Crippen molar-refractivity contribution in [3.63, 3.8) is 0 Å². The molecule has 5 heteroatoms. The normalized spacial score (nSPS) is 18.4. The zero-order valence-corrected chi connectivity index (χ0v) is 14.4. The Labute approximate surface area is 128 Å². The fourth-order valence-corrected chi connectivity index (χ4v) is 4.52. The molecule has 94 valence electrons. The van der Waals surface area contributed by atoms with Gasteiger partial charge in [0.2, 0.25) is 0 Å². The number of likely N-dealkylation sites (tertiary alicyclic amines) is 1. The highest BCUT2D eigenvalue weighted by Crippen LogP contribution is 2.35. The molecule has 2 nitrogen and oxygen atoms in total. The summed E-state index contributed by atoms with van der Waals surface area (Å²) in [5.74, 6) is 0. The van der Waals surface area contributed by atoms with E-state index in [0.717, 1.165) is 19.1 Å². The number of piperidine rings is 1. The first-order chi connectivity index (χ1) is 8.06. The minimum absolute atomic E-state index is 0.569. The van der Waals surface area contributed by atoms with Crippen LogP contribution in [0.3, 0.4) is 0 Å². The summed E-state index contributed by atoms with van der Waals surface area (Å²) in [5.41, 5.74) is 1.16. The van der Waals surface area contributed by atoms with Crippen molar-refractivity contribution in [3.8, 4) is 0 Å². The number of anilines is 1. The molecule has 1 aromatic carbocycles. The van der Waals surface area contributed by atoms with Crippen LogP contribution in [0.4, 0.5) is 5.69 Å². The van der Waals surface area contributed by atoms with E-state index in [4.69, 9.17) is 0 Å². The minimum Gasteiger partial charge on any atom is -0.380 e. The van der Waals surface area contributed by atoms with Gasteiger partial charge in [0.1, 0.15) is 0 Å². The Morgan fingerprint density at radius 2 is 1.65 bits per heavy atom. The van der Waals surface area contributed by atoms with Crippen LogP contribution in [0.15, 0.2) is 25.6 Å². The summed E-state index contributed by atoms with van der Waals surface area (Å²) >= 11 is 10.7. The number of rotatable bonds is 2. The van der Waals surface area contributed by atoms with Crippen LogP contribution in [-0.2, 0) is 0 Å². The van der Waals surface area contributed by atoms with Crippen LogP contribution < -0.4 is 5.32 Å². The van der Waals surface area contributed by atoms with Gasteiger partial charge in [0.25, 0.3) is 0 Å². The lowest BCUT2D eigenvalue weighted by atomic mass is 10.1. The Bertz CT molecular complexity index is 378. The van der Waals surface area contributed by atoms with Crippen molar-refractivity contribution in [2.75, 3.05) is 25.5 Å². The number of hydrogen-bond donors (Lipinski definition) is 1. The summed E-state index contributed by atoms with van der Waals surface area (Å²) < 4.78 is 3.26. The van der Waals surface area contributed by atoms with Gasteiger partial charge in [0.05, 0.1) is 5.69 Å². The van der Waals surface area contributed by atoms with E-state index < -0.39 is 0 Å². The number of benzene rings is 1. The standard InChI is InChI=1S/C12H15Br3N2/c1-17-4-2-9(3-5-17)16-12-10(14)6-8(13)7-11(12)15/h6-7,9,16H,2-5H2,1H3. The van der Waals surface area contributed by atoms with Gasteiger partial charge in [-0.15, -0.1) is 0 Å². The second-order valence-electron chi connectivity index (χ2n) is 4.47. The zero-order chi connectivity index (χ0) is 12.4. The molecule has 0 saturated carbocycles. The maximum absolute atomic E-state index is 3.62. The first-order valence-electron chi connectivity index (χ1n) is 5.66. The Balaban J connectivity index is 2.08. The summed E-state index contributed by atoms with van der Waals surface area (Å²) in [4.78, 5) is 2.38. The summed E-state index contributed by atoms with van der Waals surface area (Å²) in [6, 6.07) is 4.71. The molecule has 0 aromatic heterocycles. The van der Waals surface area contributed by atoms with Gasteiger partial charge in [-0.1, -0.05) is 15.9 Å². The number of hydrogen-bond acceptors (Lipinski definition) is 2. The first-order valence-corrected chi connectivity index (χ1v) is 8.04. The Hall–Kier alpha value is 0.420. The molecule has 2 rings (SSSR count). The van der Waals surface area contributed by atoms with Crippen molar-refractivity contribution in [1.82, 2.24) is 4.90 Å². The molecule has 1 aromatic rings. The second-order valence-corrected chi connectivity index (χ2v) is 7.09. The predicted molar refractivity (Wildman–Crippen MR) is 83.7 cm³/mol. The topological polar surface area (TPSA) is 15.3 Å². The summed E-state index contributed by atoms with van der Waals surface area (Å²) in [6.07, 6.45) is 2.40. The summed E-state index contributed by atoms with van der Waals surface area (Å²) in [6.45, 7) is 2.34. The highest BCUT2D eigenvalue weighted by atomic mass is 79.9. The summed E-state index contributed by atoms with van der Waals surface area (Å²) in [5, 5.41) is 3.62. The molecule has 0 radical (unpaired) electrons. The van der Waals surface area contributed by atoms with Gasteiger partial charge in [-0.2, -0.15) is 0 Å². The monoisotopic (exact) mass is 424 g/mol. The quantitative estimate of drug-likeness (QED) is 0.750. The number of nitrogens with zero attached hydrogens (tertiary/aromatic N) is 1. The highest BCUT2D eigenvalue weighted by Gasteiger charge is 2.18. The van der Waals surface area contributed by atoms with Gasteiger partial charge in [-0.05, 0) is 77.0 Å². The maximum Gasteiger partial charge on any atom is 0.0631 e. The van der Waals surface area contributed by atoms with Crippen LogP contribution >= 0.6 is 47.8 Å². The van der Waals surface area contributed by atoms with E-state index in [9.17, 15) is 0 Å². The lowest BCUT2D eigenvalue weighted by Crippen LogP contribution is -2.36. The van der Waals surface area contributed by atoms with Crippen LogP contribution in [-0.4, -0.2) is 31.1 Å². The third-order valence-corrected chi connectivity index (χ3v) is 4.78.